The lowest BCUT2D eigenvalue weighted by Crippen LogP contribution is -2.41. The van der Waals surface area contributed by atoms with Crippen LogP contribution in [0.4, 0.5) is 4.39 Å². The van der Waals surface area contributed by atoms with Gasteiger partial charge in [0, 0.05) is 37.8 Å². The molecule has 0 aliphatic carbocycles. The molecule has 1 aliphatic heterocycles. The van der Waals surface area contributed by atoms with Gasteiger partial charge in [-0.15, -0.1) is 0 Å². The van der Waals surface area contributed by atoms with Gasteiger partial charge in [0.1, 0.15) is 5.82 Å². The van der Waals surface area contributed by atoms with Crippen LogP contribution >= 0.6 is 23.4 Å². The van der Waals surface area contributed by atoms with Gasteiger partial charge < -0.3 is 14.2 Å². The molecule has 2 aromatic heterocycles. The zero-order valence-electron chi connectivity index (χ0n) is 17.5. The van der Waals surface area contributed by atoms with E-state index in [9.17, 15) is 18.8 Å². The number of carbonyl (C=O) groups is 1. The number of fused-ring (bicyclic) bond motifs is 1. The van der Waals surface area contributed by atoms with Crippen LogP contribution in [0.25, 0.3) is 11.2 Å². The molecule has 0 spiro atoms. The highest BCUT2D eigenvalue weighted by atomic mass is 35.5. The number of carbonyl (C=O) groups excluding carboxylic acids is 1. The van der Waals surface area contributed by atoms with Crippen molar-refractivity contribution in [3.05, 3.63) is 55.4 Å². The molecule has 4 rings (SSSR count). The molecular weight excluding hydrogens is 461 g/mol. The average molecular weight is 482 g/mol. The van der Waals surface area contributed by atoms with E-state index >= 15 is 0 Å². The first kappa shape index (κ1) is 22.6. The molecule has 1 aromatic carbocycles. The predicted molar refractivity (Wildman–Crippen MR) is 119 cm³/mol. The van der Waals surface area contributed by atoms with E-state index in [0.29, 0.717) is 31.5 Å². The normalized spacial score (nSPS) is 14.3. The second-order valence-electron chi connectivity index (χ2n) is 7.34. The fraction of sp³-hybridized carbons (Fsp3) is 0.400. The van der Waals surface area contributed by atoms with Crippen LogP contribution in [0.2, 0.25) is 5.02 Å². The summed E-state index contributed by atoms with van der Waals surface area (Å²) in [5.74, 6) is -0.549. The molecule has 0 saturated carbocycles. The number of ether oxygens (including phenoxy) is 1. The van der Waals surface area contributed by atoms with Crippen LogP contribution in [0.5, 0.6) is 0 Å². The Morgan fingerprint density at radius 3 is 2.62 bits per heavy atom. The molecule has 3 heterocycles. The van der Waals surface area contributed by atoms with Gasteiger partial charge in [-0.3, -0.25) is 18.7 Å². The van der Waals surface area contributed by atoms with Crippen molar-refractivity contribution in [2.24, 2.45) is 14.1 Å². The van der Waals surface area contributed by atoms with Crippen molar-refractivity contribution in [2.45, 2.75) is 11.7 Å². The number of halogens is 2. The highest BCUT2D eigenvalue weighted by molar-refractivity contribution is 7.99. The van der Waals surface area contributed by atoms with Crippen LogP contribution in [-0.4, -0.2) is 61.5 Å². The highest BCUT2D eigenvalue weighted by Gasteiger charge is 2.23. The van der Waals surface area contributed by atoms with Crippen molar-refractivity contribution in [3.63, 3.8) is 0 Å². The first-order chi connectivity index (χ1) is 15.3. The van der Waals surface area contributed by atoms with Gasteiger partial charge in [0.2, 0.25) is 5.91 Å². The maximum absolute atomic E-state index is 14.5. The van der Waals surface area contributed by atoms with Gasteiger partial charge in [0.05, 0.1) is 25.5 Å². The molecule has 170 valence electrons. The number of aromatic nitrogens is 4. The van der Waals surface area contributed by atoms with Crippen LogP contribution in [-0.2, 0) is 30.2 Å². The summed E-state index contributed by atoms with van der Waals surface area (Å²) < 4.78 is 23.5. The van der Waals surface area contributed by atoms with Crippen LogP contribution in [0, 0.1) is 5.82 Å². The summed E-state index contributed by atoms with van der Waals surface area (Å²) in [6, 6.07) is 4.33. The number of thioether (sulfide) groups is 1. The number of rotatable bonds is 5. The summed E-state index contributed by atoms with van der Waals surface area (Å²) >= 11 is 7.34. The topological polar surface area (TPSA) is 91.4 Å². The fourth-order valence-corrected chi connectivity index (χ4v) is 4.68. The molecule has 0 radical (unpaired) electrons. The third-order valence-corrected chi connectivity index (χ3v) is 6.69. The first-order valence-electron chi connectivity index (χ1n) is 9.87. The Labute approximate surface area is 191 Å². The molecule has 0 unspecified atom stereocenters. The van der Waals surface area contributed by atoms with Gasteiger partial charge in [-0.05, 0) is 12.1 Å². The Bertz CT molecular complexity index is 1290. The van der Waals surface area contributed by atoms with Crippen molar-refractivity contribution < 1.29 is 13.9 Å². The molecule has 0 bridgehead atoms. The van der Waals surface area contributed by atoms with Crippen molar-refractivity contribution in [1.82, 2.24) is 23.6 Å². The van der Waals surface area contributed by atoms with E-state index in [2.05, 4.69) is 4.98 Å². The number of aryl methyl sites for hydroxylation is 1. The quantitative estimate of drug-likeness (QED) is 0.509. The van der Waals surface area contributed by atoms with Gasteiger partial charge in [-0.25, -0.2) is 14.2 Å². The lowest BCUT2D eigenvalue weighted by atomic mass is 10.2. The minimum Gasteiger partial charge on any atom is -0.378 e. The molecule has 3 aromatic rings. The molecule has 1 aliphatic rings. The SMILES string of the molecule is Cn1c(=O)c2c(nc(SCC(=O)N3CCOCC3)n2Cc2c(F)cccc2Cl)n(C)c1=O. The fourth-order valence-electron chi connectivity index (χ4n) is 3.56. The van der Waals surface area contributed by atoms with E-state index in [1.54, 1.807) is 11.0 Å². The Balaban J connectivity index is 1.79. The zero-order chi connectivity index (χ0) is 23.0. The van der Waals surface area contributed by atoms with Crippen LogP contribution < -0.4 is 11.2 Å². The van der Waals surface area contributed by atoms with Gasteiger partial charge in [-0.1, -0.05) is 29.4 Å². The van der Waals surface area contributed by atoms with Crippen molar-refractivity contribution in [1.29, 1.82) is 0 Å². The largest absolute Gasteiger partial charge is 0.378 e. The summed E-state index contributed by atoms with van der Waals surface area (Å²) in [4.78, 5) is 44.1. The molecule has 12 heteroatoms. The molecule has 1 fully saturated rings. The summed E-state index contributed by atoms with van der Waals surface area (Å²) in [6.07, 6.45) is 0. The minimum atomic E-state index is -0.561. The van der Waals surface area contributed by atoms with Gasteiger partial charge in [-0.2, -0.15) is 0 Å². The number of hydrogen-bond acceptors (Lipinski definition) is 6. The van der Waals surface area contributed by atoms with Crippen LogP contribution in [0.1, 0.15) is 5.56 Å². The predicted octanol–water partition coefficient (Wildman–Crippen LogP) is 1.23. The van der Waals surface area contributed by atoms with Crippen LogP contribution in [0.15, 0.2) is 32.9 Å². The highest BCUT2D eigenvalue weighted by Crippen LogP contribution is 2.27. The smallest absolute Gasteiger partial charge is 0.332 e. The Hall–Kier alpha value is -2.63. The Morgan fingerprint density at radius 1 is 1.22 bits per heavy atom. The second kappa shape index (κ2) is 9.08. The Morgan fingerprint density at radius 2 is 1.94 bits per heavy atom. The number of benzene rings is 1. The summed E-state index contributed by atoms with van der Waals surface area (Å²) in [5.41, 5.74) is -0.612. The van der Waals surface area contributed by atoms with E-state index in [4.69, 9.17) is 16.3 Å². The zero-order valence-corrected chi connectivity index (χ0v) is 19.1. The average Bonchev–Trinajstić information content (AvgIpc) is 3.16. The standard InChI is InChI=1S/C20H21ClFN5O4S/c1-24-17-16(18(29)25(2)20(24)30)27(10-12-13(21)4-3-5-14(12)22)19(23-17)32-11-15(28)26-6-8-31-9-7-26/h3-5H,6-11H2,1-2H3. The summed E-state index contributed by atoms with van der Waals surface area (Å²) in [6.45, 7) is 1.91. The third kappa shape index (κ3) is 4.07. The minimum absolute atomic E-state index is 0.0720. The van der Waals surface area contributed by atoms with Gasteiger partial charge >= 0.3 is 5.69 Å². The molecule has 32 heavy (non-hydrogen) atoms. The van der Waals surface area contributed by atoms with E-state index in [1.807, 2.05) is 0 Å². The van der Waals surface area contributed by atoms with Gasteiger partial charge in [0.15, 0.2) is 16.3 Å². The molecule has 0 atom stereocenters. The van der Waals surface area contributed by atoms with Crippen LogP contribution in [0.3, 0.4) is 0 Å². The van der Waals surface area contributed by atoms with Gasteiger partial charge in [0.25, 0.3) is 5.56 Å². The molecule has 0 N–H and O–H groups in total. The van der Waals surface area contributed by atoms with E-state index in [1.165, 1.54) is 35.4 Å². The second-order valence-corrected chi connectivity index (χ2v) is 8.69. The maximum Gasteiger partial charge on any atom is 0.332 e. The number of imidazole rings is 1. The van der Waals surface area contributed by atoms with E-state index in [-0.39, 0.29) is 40.0 Å². The Kier molecular flexibility index (Phi) is 6.40. The lowest BCUT2D eigenvalue weighted by molar-refractivity contribution is -0.132. The van der Waals surface area contributed by atoms with Crippen molar-refractivity contribution in [2.75, 3.05) is 32.1 Å². The van der Waals surface area contributed by atoms with E-state index in [0.717, 1.165) is 16.3 Å². The molecular formula is C20H21ClFN5O4S. The molecule has 9 nitrogen and oxygen atoms in total. The number of hydrogen-bond donors (Lipinski definition) is 0. The monoisotopic (exact) mass is 481 g/mol. The van der Waals surface area contributed by atoms with E-state index < -0.39 is 17.1 Å². The maximum atomic E-state index is 14.5. The summed E-state index contributed by atoms with van der Waals surface area (Å²) in [5, 5.41) is 0.521. The molecule has 1 saturated heterocycles. The summed E-state index contributed by atoms with van der Waals surface area (Å²) in [7, 11) is 2.87. The first-order valence-corrected chi connectivity index (χ1v) is 11.2. The third-order valence-electron chi connectivity index (χ3n) is 5.38. The number of nitrogens with zero attached hydrogens (tertiary/aromatic N) is 5. The van der Waals surface area contributed by atoms with Crippen molar-refractivity contribution in [3.8, 4) is 0 Å². The molecule has 1 amide bonds. The number of amides is 1. The lowest BCUT2D eigenvalue weighted by Gasteiger charge is -2.26. The van der Waals surface area contributed by atoms with Crippen molar-refractivity contribution >= 4 is 40.4 Å². The number of morpholine rings is 1.